The third kappa shape index (κ3) is 4.81. The first kappa shape index (κ1) is 22.0. The molecule has 0 aliphatic carbocycles. The number of rotatable bonds is 6. The van der Waals surface area contributed by atoms with Gasteiger partial charge in [-0.3, -0.25) is 4.98 Å². The van der Waals surface area contributed by atoms with Crippen molar-refractivity contribution in [2.24, 2.45) is 0 Å². The maximum Gasteiger partial charge on any atom is 0.339 e. The summed E-state index contributed by atoms with van der Waals surface area (Å²) in [6.45, 7) is 1.90. The average Bonchev–Trinajstić information content (AvgIpc) is 2.79. The first-order valence-corrected chi connectivity index (χ1v) is 10.4. The number of anilines is 1. The molecule has 0 fully saturated rings. The van der Waals surface area contributed by atoms with Crippen molar-refractivity contribution in [3.05, 3.63) is 59.1 Å². The number of likely N-dealkylation sites (N-methyl/N-ethyl adjacent to an activating group) is 1. The third-order valence-electron chi connectivity index (χ3n) is 4.87. The lowest BCUT2D eigenvalue weighted by atomic mass is 10.0. The van der Waals surface area contributed by atoms with Crippen LogP contribution in [0.2, 0.25) is 5.02 Å². The van der Waals surface area contributed by atoms with Crippen LogP contribution in [0.25, 0.3) is 22.4 Å². The van der Waals surface area contributed by atoms with Gasteiger partial charge in [0.25, 0.3) is 0 Å². The molecule has 1 aliphatic rings. The number of esters is 1. The van der Waals surface area contributed by atoms with Crippen LogP contribution in [-0.2, 0) is 4.74 Å². The number of aromatic nitrogens is 2. The first-order chi connectivity index (χ1) is 15.4. The summed E-state index contributed by atoms with van der Waals surface area (Å²) in [4.78, 5) is 23.1. The van der Waals surface area contributed by atoms with E-state index in [0.717, 1.165) is 0 Å². The minimum Gasteiger partial charge on any atom is -0.487 e. The number of benzene rings is 1. The average molecular weight is 457 g/mol. The van der Waals surface area contributed by atoms with Crippen LogP contribution in [0.15, 0.2) is 42.7 Å². The molecule has 3 aromatic rings. The second-order valence-corrected chi connectivity index (χ2v) is 7.97. The molecule has 32 heavy (non-hydrogen) atoms. The predicted octanol–water partition coefficient (Wildman–Crippen LogP) is 4.13. The number of fused-ring (bicyclic) bond motifs is 1. The van der Waals surface area contributed by atoms with E-state index >= 15 is 0 Å². The van der Waals surface area contributed by atoms with E-state index in [1.807, 2.05) is 19.0 Å². The molecule has 9 heteroatoms. The Morgan fingerprint density at radius 1 is 1.25 bits per heavy atom. The summed E-state index contributed by atoms with van der Waals surface area (Å²) in [5.41, 5.74) is 2.22. The summed E-state index contributed by atoms with van der Waals surface area (Å²) < 4.78 is 25.7. The topological polar surface area (TPSA) is 76.6 Å². The van der Waals surface area contributed by atoms with Crippen LogP contribution in [0.5, 0.6) is 5.75 Å². The van der Waals surface area contributed by atoms with E-state index in [4.69, 9.17) is 21.1 Å². The Bertz CT molecular complexity index is 1160. The number of hydrogen-bond donors (Lipinski definition) is 1. The van der Waals surface area contributed by atoms with Crippen LogP contribution in [0.1, 0.15) is 10.4 Å². The number of ether oxygens (including phenoxy) is 2. The number of carbonyl (C=O) groups is 1. The monoisotopic (exact) mass is 456 g/mol. The molecule has 0 bridgehead atoms. The van der Waals surface area contributed by atoms with Gasteiger partial charge in [-0.05, 0) is 44.4 Å². The molecule has 0 radical (unpaired) electrons. The van der Waals surface area contributed by atoms with Gasteiger partial charge in [-0.15, -0.1) is 0 Å². The molecular weight excluding hydrogens is 435 g/mol. The summed E-state index contributed by atoms with van der Waals surface area (Å²) >= 11 is 6.08. The second-order valence-electron chi connectivity index (χ2n) is 7.53. The van der Waals surface area contributed by atoms with E-state index < -0.39 is 11.8 Å². The summed E-state index contributed by atoms with van der Waals surface area (Å²) in [6, 6.07) is 7.69. The molecule has 1 aliphatic heterocycles. The van der Waals surface area contributed by atoms with Crippen LogP contribution in [0, 0.1) is 5.82 Å². The Balaban J connectivity index is 1.75. The van der Waals surface area contributed by atoms with Crippen LogP contribution < -0.4 is 10.1 Å². The SMILES string of the molecule is CN(C)CCOC(=O)c1cncc(-c2cc(-c3cc(Cl)ccc3F)nc3c2OCCN3)c1. The molecule has 166 valence electrons. The number of pyridine rings is 2. The van der Waals surface area contributed by atoms with Gasteiger partial charge in [0.2, 0.25) is 0 Å². The smallest absolute Gasteiger partial charge is 0.339 e. The fraction of sp³-hybridized carbons (Fsp3) is 0.261. The van der Waals surface area contributed by atoms with Gasteiger partial charge < -0.3 is 19.7 Å². The third-order valence-corrected chi connectivity index (χ3v) is 5.11. The van der Waals surface area contributed by atoms with Crippen molar-refractivity contribution in [1.82, 2.24) is 14.9 Å². The fourth-order valence-corrected chi connectivity index (χ4v) is 3.44. The molecule has 0 unspecified atom stereocenters. The van der Waals surface area contributed by atoms with Crippen molar-refractivity contribution < 1.29 is 18.7 Å². The van der Waals surface area contributed by atoms with E-state index in [9.17, 15) is 9.18 Å². The van der Waals surface area contributed by atoms with Crippen molar-refractivity contribution in [3.63, 3.8) is 0 Å². The zero-order valence-corrected chi connectivity index (χ0v) is 18.4. The van der Waals surface area contributed by atoms with E-state index in [-0.39, 0.29) is 12.2 Å². The normalized spacial score (nSPS) is 12.7. The highest BCUT2D eigenvalue weighted by atomic mass is 35.5. The molecule has 0 saturated carbocycles. The zero-order chi connectivity index (χ0) is 22.7. The Kier molecular flexibility index (Phi) is 6.53. The van der Waals surface area contributed by atoms with Crippen molar-refractivity contribution in [2.75, 3.05) is 45.7 Å². The van der Waals surface area contributed by atoms with Crippen molar-refractivity contribution in [2.45, 2.75) is 0 Å². The van der Waals surface area contributed by atoms with Gasteiger partial charge in [-0.25, -0.2) is 14.2 Å². The van der Waals surface area contributed by atoms with Crippen LogP contribution in [0.4, 0.5) is 10.2 Å². The maximum absolute atomic E-state index is 14.5. The van der Waals surface area contributed by atoms with E-state index in [1.54, 1.807) is 18.3 Å². The summed E-state index contributed by atoms with van der Waals surface area (Å²) in [5.74, 6) is 0.0922. The summed E-state index contributed by atoms with van der Waals surface area (Å²) in [6.07, 6.45) is 3.06. The molecule has 0 saturated heterocycles. The molecule has 1 aromatic carbocycles. The Hall–Kier alpha value is -3.23. The Morgan fingerprint density at radius 2 is 2.09 bits per heavy atom. The van der Waals surface area contributed by atoms with Gasteiger partial charge in [0, 0.05) is 40.7 Å². The van der Waals surface area contributed by atoms with E-state index in [1.165, 1.54) is 24.4 Å². The fourth-order valence-electron chi connectivity index (χ4n) is 3.27. The molecule has 2 aromatic heterocycles. The molecule has 1 N–H and O–H groups in total. The lowest BCUT2D eigenvalue weighted by Gasteiger charge is -2.22. The number of nitrogens with zero attached hydrogens (tertiary/aromatic N) is 3. The van der Waals surface area contributed by atoms with Gasteiger partial charge in [-0.2, -0.15) is 0 Å². The Labute approximate surface area is 190 Å². The number of hydrogen-bond acceptors (Lipinski definition) is 7. The van der Waals surface area contributed by atoms with Crippen LogP contribution in [-0.4, -0.2) is 61.2 Å². The highest BCUT2D eigenvalue weighted by Gasteiger charge is 2.22. The van der Waals surface area contributed by atoms with Gasteiger partial charge in [0.15, 0.2) is 11.6 Å². The highest BCUT2D eigenvalue weighted by Crippen LogP contribution is 2.40. The van der Waals surface area contributed by atoms with Gasteiger partial charge in [0.05, 0.1) is 17.8 Å². The molecule has 3 heterocycles. The largest absolute Gasteiger partial charge is 0.487 e. The molecule has 4 rings (SSSR count). The molecule has 0 spiro atoms. The van der Waals surface area contributed by atoms with Crippen LogP contribution >= 0.6 is 11.6 Å². The van der Waals surface area contributed by atoms with Crippen molar-refractivity contribution in [3.8, 4) is 28.1 Å². The lowest BCUT2D eigenvalue weighted by molar-refractivity contribution is 0.0481. The zero-order valence-electron chi connectivity index (χ0n) is 17.7. The van der Waals surface area contributed by atoms with E-state index in [0.29, 0.717) is 58.7 Å². The number of halogens is 2. The minimum absolute atomic E-state index is 0.265. The minimum atomic E-state index is -0.468. The molecule has 0 amide bonds. The Morgan fingerprint density at radius 3 is 2.91 bits per heavy atom. The lowest BCUT2D eigenvalue weighted by Crippen LogP contribution is -2.20. The highest BCUT2D eigenvalue weighted by molar-refractivity contribution is 6.30. The summed E-state index contributed by atoms with van der Waals surface area (Å²) in [5, 5.41) is 3.58. The standard InChI is InChI=1S/C23H22ClFN4O3/c1-29(2)6-8-32-23(30)15-9-14(12-26-13-15)17-11-20(18-10-16(24)3-4-19(18)25)28-22-21(17)31-7-5-27-22/h3-4,9-13H,5-8H2,1-2H3,(H,27,28). The summed E-state index contributed by atoms with van der Waals surface area (Å²) in [7, 11) is 3.80. The van der Waals surface area contributed by atoms with Gasteiger partial charge in [-0.1, -0.05) is 11.6 Å². The van der Waals surface area contributed by atoms with Crippen LogP contribution in [0.3, 0.4) is 0 Å². The van der Waals surface area contributed by atoms with Crippen molar-refractivity contribution >= 4 is 23.4 Å². The molecule has 0 atom stereocenters. The molecular formula is C23H22ClFN4O3. The van der Waals surface area contributed by atoms with Gasteiger partial charge >= 0.3 is 5.97 Å². The second kappa shape index (κ2) is 9.50. The van der Waals surface area contributed by atoms with E-state index in [2.05, 4.69) is 15.3 Å². The quantitative estimate of drug-likeness (QED) is 0.559. The first-order valence-electron chi connectivity index (χ1n) is 10.1. The number of carbonyl (C=O) groups excluding carboxylic acids is 1. The van der Waals surface area contributed by atoms with Crippen molar-refractivity contribution in [1.29, 1.82) is 0 Å². The predicted molar refractivity (Wildman–Crippen MR) is 121 cm³/mol. The van der Waals surface area contributed by atoms with Gasteiger partial charge in [0.1, 0.15) is 19.0 Å². The maximum atomic E-state index is 14.5. The molecule has 7 nitrogen and oxygen atoms in total. The number of nitrogens with one attached hydrogen (secondary N) is 1.